The minimum absolute atomic E-state index is 0.0820. The van der Waals surface area contributed by atoms with Gasteiger partial charge in [0.25, 0.3) is 0 Å². The Labute approximate surface area is 135 Å². The van der Waals surface area contributed by atoms with Crippen LogP contribution in [0.25, 0.3) is 0 Å². The van der Waals surface area contributed by atoms with Crippen molar-refractivity contribution in [3.8, 4) is 5.75 Å². The van der Waals surface area contributed by atoms with Gasteiger partial charge in [0.05, 0.1) is 13.0 Å². The number of hydrogen-bond acceptors (Lipinski definition) is 4. The molecule has 1 fully saturated rings. The van der Waals surface area contributed by atoms with Crippen LogP contribution in [0.3, 0.4) is 0 Å². The molecule has 0 atom stereocenters. The van der Waals surface area contributed by atoms with Gasteiger partial charge in [-0.1, -0.05) is 0 Å². The fourth-order valence-electron chi connectivity index (χ4n) is 2.68. The molecule has 1 aromatic rings. The highest BCUT2D eigenvalue weighted by atomic mass is 16.5. The summed E-state index contributed by atoms with van der Waals surface area (Å²) in [5.74, 6) is -0.650. The number of carbonyl (C=O) groups is 3. The van der Waals surface area contributed by atoms with Crippen molar-refractivity contribution in [2.24, 2.45) is 5.92 Å². The Morgan fingerprint density at radius 2 is 1.74 bits per heavy atom. The SMILES string of the molecule is COc1ccc(C(=O)CCC(=O)N2CCC(C(=O)O)CC2)cc1. The minimum Gasteiger partial charge on any atom is -0.497 e. The molecule has 1 aromatic carbocycles. The number of ketones is 1. The van der Waals surface area contributed by atoms with Crippen LogP contribution in [0, 0.1) is 5.92 Å². The van der Waals surface area contributed by atoms with Gasteiger partial charge in [0, 0.05) is 31.5 Å². The van der Waals surface area contributed by atoms with E-state index in [2.05, 4.69) is 0 Å². The van der Waals surface area contributed by atoms with Gasteiger partial charge in [-0.2, -0.15) is 0 Å². The first-order valence-corrected chi connectivity index (χ1v) is 7.69. The third-order valence-electron chi connectivity index (χ3n) is 4.17. The van der Waals surface area contributed by atoms with Gasteiger partial charge in [-0.05, 0) is 37.1 Å². The fraction of sp³-hybridized carbons (Fsp3) is 0.471. The predicted octanol–water partition coefficient (Wildman–Crippen LogP) is 1.98. The number of benzene rings is 1. The normalized spacial score (nSPS) is 15.3. The number of hydrogen-bond donors (Lipinski definition) is 1. The van der Waals surface area contributed by atoms with E-state index in [1.165, 1.54) is 0 Å². The third-order valence-corrected chi connectivity index (χ3v) is 4.17. The Morgan fingerprint density at radius 3 is 2.26 bits per heavy atom. The molecule has 1 N–H and O–H groups in total. The summed E-state index contributed by atoms with van der Waals surface area (Å²) in [6.07, 6.45) is 1.27. The molecule has 1 heterocycles. The number of nitrogens with zero attached hydrogens (tertiary/aromatic N) is 1. The summed E-state index contributed by atoms with van der Waals surface area (Å²) in [5.41, 5.74) is 0.559. The van der Waals surface area contributed by atoms with E-state index in [0.29, 0.717) is 37.2 Å². The number of ether oxygens (including phenoxy) is 1. The van der Waals surface area contributed by atoms with Crippen LogP contribution < -0.4 is 4.74 Å². The van der Waals surface area contributed by atoms with Crippen molar-refractivity contribution in [1.82, 2.24) is 4.90 Å². The number of likely N-dealkylation sites (tertiary alicyclic amines) is 1. The Hall–Kier alpha value is -2.37. The maximum absolute atomic E-state index is 12.1. The highest BCUT2D eigenvalue weighted by molar-refractivity contribution is 5.98. The summed E-state index contributed by atoms with van der Waals surface area (Å²) in [6.45, 7) is 0.902. The van der Waals surface area contributed by atoms with Crippen molar-refractivity contribution >= 4 is 17.7 Å². The standard InChI is InChI=1S/C17H21NO5/c1-23-14-4-2-12(3-5-14)15(19)6-7-16(20)18-10-8-13(9-11-18)17(21)22/h2-5,13H,6-11H2,1H3,(H,21,22). The van der Waals surface area contributed by atoms with Crippen LogP contribution in [0.15, 0.2) is 24.3 Å². The maximum atomic E-state index is 12.1. The lowest BCUT2D eigenvalue weighted by atomic mass is 9.96. The molecule has 1 amide bonds. The van der Waals surface area contributed by atoms with Crippen molar-refractivity contribution in [3.63, 3.8) is 0 Å². The molecule has 0 aromatic heterocycles. The van der Waals surface area contributed by atoms with Crippen molar-refractivity contribution in [1.29, 1.82) is 0 Å². The second-order valence-electron chi connectivity index (χ2n) is 5.64. The highest BCUT2D eigenvalue weighted by Gasteiger charge is 2.26. The number of rotatable bonds is 6. The van der Waals surface area contributed by atoms with E-state index in [4.69, 9.17) is 9.84 Å². The molecule has 23 heavy (non-hydrogen) atoms. The lowest BCUT2D eigenvalue weighted by Gasteiger charge is -2.30. The zero-order valence-electron chi connectivity index (χ0n) is 13.2. The largest absolute Gasteiger partial charge is 0.497 e. The molecule has 0 radical (unpaired) electrons. The van der Waals surface area contributed by atoms with E-state index in [1.54, 1.807) is 36.3 Å². The monoisotopic (exact) mass is 319 g/mol. The fourth-order valence-corrected chi connectivity index (χ4v) is 2.68. The third kappa shape index (κ3) is 4.55. The van der Waals surface area contributed by atoms with Gasteiger partial charge in [-0.15, -0.1) is 0 Å². The van der Waals surface area contributed by atoms with Crippen LogP contribution in [0.2, 0.25) is 0 Å². The van der Waals surface area contributed by atoms with Crippen LogP contribution in [0.1, 0.15) is 36.0 Å². The molecular weight excluding hydrogens is 298 g/mol. The molecule has 1 saturated heterocycles. The maximum Gasteiger partial charge on any atom is 0.306 e. The first kappa shape index (κ1) is 17.0. The number of carboxylic acids is 1. The summed E-state index contributed by atoms with van der Waals surface area (Å²) in [4.78, 5) is 36.7. The molecule has 1 aliphatic rings. The second kappa shape index (κ2) is 7.76. The van der Waals surface area contributed by atoms with Crippen LogP contribution in [-0.4, -0.2) is 47.9 Å². The zero-order valence-corrected chi connectivity index (χ0v) is 13.2. The predicted molar refractivity (Wildman–Crippen MR) is 83.5 cm³/mol. The Morgan fingerprint density at radius 1 is 1.13 bits per heavy atom. The average Bonchev–Trinajstić information content (AvgIpc) is 2.59. The van der Waals surface area contributed by atoms with Crippen molar-refractivity contribution in [2.45, 2.75) is 25.7 Å². The van der Waals surface area contributed by atoms with Crippen molar-refractivity contribution in [3.05, 3.63) is 29.8 Å². The van der Waals surface area contributed by atoms with E-state index in [-0.39, 0.29) is 30.4 Å². The van der Waals surface area contributed by atoms with Gasteiger partial charge in [-0.3, -0.25) is 14.4 Å². The summed E-state index contributed by atoms with van der Waals surface area (Å²) < 4.78 is 5.04. The number of piperidine rings is 1. The van der Waals surface area contributed by atoms with Gasteiger partial charge in [0.15, 0.2) is 5.78 Å². The van der Waals surface area contributed by atoms with Crippen LogP contribution in [-0.2, 0) is 9.59 Å². The number of methoxy groups -OCH3 is 1. The van der Waals surface area contributed by atoms with E-state index in [9.17, 15) is 14.4 Å². The Kier molecular flexibility index (Phi) is 5.73. The van der Waals surface area contributed by atoms with Gasteiger partial charge >= 0.3 is 5.97 Å². The number of carbonyl (C=O) groups excluding carboxylic acids is 2. The summed E-state index contributed by atoms with van der Waals surface area (Å²) in [5, 5.41) is 8.95. The molecule has 0 spiro atoms. The number of Topliss-reactive ketones (excluding diaryl/α,β-unsaturated/α-hetero) is 1. The summed E-state index contributed by atoms with van der Waals surface area (Å²) in [6, 6.07) is 6.80. The molecular formula is C17H21NO5. The number of amides is 1. The zero-order chi connectivity index (χ0) is 16.8. The van der Waals surface area contributed by atoms with Crippen LogP contribution in [0.4, 0.5) is 0 Å². The Balaban J connectivity index is 1.79. The van der Waals surface area contributed by atoms with Gasteiger partial charge in [0.1, 0.15) is 5.75 Å². The minimum atomic E-state index is -0.799. The molecule has 6 nitrogen and oxygen atoms in total. The van der Waals surface area contributed by atoms with Gasteiger partial charge < -0.3 is 14.7 Å². The summed E-state index contributed by atoms with van der Waals surface area (Å²) in [7, 11) is 1.56. The van der Waals surface area contributed by atoms with Gasteiger partial charge in [0.2, 0.25) is 5.91 Å². The number of aliphatic carboxylic acids is 1. The molecule has 6 heteroatoms. The van der Waals surface area contributed by atoms with Crippen molar-refractivity contribution < 1.29 is 24.2 Å². The molecule has 2 rings (SSSR count). The first-order chi connectivity index (χ1) is 11.0. The van der Waals surface area contributed by atoms with Crippen LogP contribution >= 0.6 is 0 Å². The van der Waals surface area contributed by atoms with Gasteiger partial charge in [-0.25, -0.2) is 0 Å². The van der Waals surface area contributed by atoms with E-state index in [1.807, 2.05) is 0 Å². The highest BCUT2D eigenvalue weighted by Crippen LogP contribution is 2.19. The number of carboxylic acid groups (broad SMARTS) is 1. The molecule has 0 bridgehead atoms. The first-order valence-electron chi connectivity index (χ1n) is 7.69. The average molecular weight is 319 g/mol. The van der Waals surface area contributed by atoms with Crippen molar-refractivity contribution in [2.75, 3.05) is 20.2 Å². The summed E-state index contributed by atoms with van der Waals surface area (Å²) >= 11 is 0. The molecule has 1 aliphatic heterocycles. The molecule has 0 unspecified atom stereocenters. The second-order valence-corrected chi connectivity index (χ2v) is 5.64. The topological polar surface area (TPSA) is 83.9 Å². The molecule has 0 aliphatic carbocycles. The van der Waals surface area contributed by atoms with Crippen LogP contribution in [0.5, 0.6) is 5.75 Å². The lowest BCUT2D eigenvalue weighted by Crippen LogP contribution is -2.40. The Bertz CT molecular complexity index is 573. The molecule has 124 valence electrons. The van der Waals surface area contributed by atoms with E-state index in [0.717, 1.165) is 0 Å². The molecule has 0 saturated carbocycles. The van der Waals surface area contributed by atoms with E-state index >= 15 is 0 Å². The lowest BCUT2D eigenvalue weighted by molar-refractivity contribution is -0.145. The van der Waals surface area contributed by atoms with E-state index < -0.39 is 5.97 Å². The smallest absolute Gasteiger partial charge is 0.306 e. The quantitative estimate of drug-likeness (QED) is 0.811.